The normalized spacial score (nSPS) is 21.1. The summed E-state index contributed by atoms with van der Waals surface area (Å²) in [4.78, 5) is 16.9. The molecule has 0 aromatic heterocycles. The van der Waals surface area contributed by atoms with Crippen LogP contribution in [0, 0.1) is 11.8 Å². The highest BCUT2D eigenvalue weighted by Crippen LogP contribution is 2.25. The Morgan fingerprint density at radius 2 is 1.88 bits per heavy atom. The number of anilines is 2. The minimum absolute atomic E-state index is 0.119. The molecule has 3 rings (SSSR count). The number of hydrogen-bond acceptors (Lipinski definition) is 3. The predicted octanol–water partition coefficient (Wildman–Crippen LogP) is 3.76. The van der Waals surface area contributed by atoms with Gasteiger partial charge in [-0.1, -0.05) is 12.2 Å². The summed E-state index contributed by atoms with van der Waals surface area (Å²) in [6.07, 6.45) is 9.67. The highest BCUT2D eigenvalue weighted by atomic mass is 16.1. The molecule has 0 unspecified atom stereocenters. The van der Waals surface area contributed by atoms with Crippen molar-refractivity contribution in [3.63, 3.8) is 0 Å². The molecule has 0 radical (unpaired) electrons. The summed E-state index contributed by atoms with van der Waals surface area (Å²) in [7, 11) is 4.31. The summed E-state index contributed by atoms with van der Waals surface area (Å²) in [5.41, 5.74) is 2.17. The van der Waals surface area contributed by atoms with Crippen LogP contribution in [0.5, 0.6) is 0 Å². The molecule has 25 heavy (non-hydrogen) atoms. The van der Waals surface area contributed by atoms with Crippen molar-refractivity contribution in [3.05, 3.63) is 36.4 Å². The monoisotopic (exact) mass is 341 g/mol. The Bertz CT molecular complexity index is 586. The summed E-state index contributed by atoms with van der Waals surface area (Å²) in [6, 6.07) is 8.34. The molecular weight excluding hydrogens is 310 g/mol. The molecule has 4 nitrogen and oxygen atoms in total. The minimum Gasteiger partial charge on any atom is -0.372 e. The Balaban J connectivity index is 1.47. The van der Waals surface area contributed by atoms with E-state index in [1.54, 1.807) is 0 Å². The highest BCUT2D eigenvalue weighted by Gasteiger charge is 2.20. The third-order valence-corrected chi connectivity index (χ3v) is 5.31. The van der Waals surface area contributed by atoms with Crippen molar-refractivity contribution in [1.82, 2.24) is 4.90 Å². The molecule has 0 spiro atoms. The van der Waals surface area contributed by atoms with E-state index >= 15 is 0 Å². The lowest BCUT2D eigenvalue weighted by Gasteiger charge is -2.34. The first-order valence-corrected chi connectivity index (χ1v) is 9.56. The molecule has 0 saturated carbocycles. The lowest BCUT2D eigenvalue weighted by Crippen LogP contribution is -2.37. The van der Waals surface area contributed by atoms with Gasteiger partial charge in [0, 0.05) is 37.4 Å². The largest absolute Gasteiger partial charge is 0.372 e. The fourth-order valence-electron chi connectivity index (χ4n) is 3.96. The number of piperidine rings is 1. The van der Waals surface area contributed by atoms with Crippen LogP contribution in [0.3, 0.4) is 0 Å². The predicted molar refractivity (Wildman–Crippen MR) is 105 cm³/mol. The Hall–Kier alpha value is -1.81. The van der Waals surface area contributed by atoms with E-state index in [1.807, 2.05) is 12.1 Å². The molecule has 0 bridgehead atoms. The van der Waals surface area contributed by atoms with E-state index in [0.717, 1.165) is 37.5 Å². The van der Waals surface area contributed by atoms with E-state index in [-0.39, 0.29) is 5.91 Å². The van der Waals surface area contributed by atoms with Gasteiger partial charge >= 0.3 is 0 Å². The van der Waals surface area contributed by atoms with Gasteiger partial charge in [-0.3, -0.25) is 4.79 Å². The molecule has 1 N–H and O–H groups in total. The van der Waals surface area contributed by atoms with Gasteiger partial charge in [-0.2, -0.15) is 0 Å². The van der Waals surface area contributed by atoms with E-state index in [4.69, 9.17) is 0 Å². The van der Waals surface area contributed by atoms with Gasteiger partial charge in [-0.25, -0.2) is 0 Å². The zero-order chi connectivity index (χ0) is 17.6. The summed E-state index contributed by atoms with van der Waals surface area (Å²) >= 11 is 0. The molecule has 4 heteroatoms. The lowest BCUT2D eigenvalue weighted by atomic mass is 9.96. The second kappa shape index (κ2) is 8.52. The standard InChI is InChI=1S/C21H31N3O/c1-23(2)16-18-11-13-24(14-12-18)20-9-7-19(8-10-20)22-21(25)15-17-5-3-4-6-17/h3,5,7-10,17-18H,4,6,11-16H2,1-2H3,(H,22,25)/t17-/m0/s1. The number of carbonyl (C=O) groups is 1. The van der Waals surface area contributed by atoms with Crippen molar-refractivity contribution < 1.29 is 4.79 Å². The number of hydrogen-bond donors (Lipinski definition) is 1. The first-order chi connectivity index (χ1) is 12.1. The number of allylic oxidation sites excluding steroid dienone is 2. The van der Waals surface area contributed by atoms with E-state index in [9.17, 15) is 4.79 Å². The van der Waals surface area contributed by atoms with Crippen molar-refractivity contribution in [2.45, 2.75) is 32.1 Å². The molecule has 2 aliphatic rings. The van der Waals surface area contributed by atoms with Crippen molar-refractivity contribution in [2.75, 3.05) is 43.9 Å². The van der Waals surface area contributed by atoms with Crippen LogP contribution in [0.15, 0.2) is 36.4 Å². The SMILES string of the molecule is CN(C)CC1CCN(c2ccc(NC(=O)C[C@H]3C=CCC3)cc2)CC1. The first kappa shape index (κ1) is 18.0. The Kier molecular flexibility index (Phi) is 6.14. The molecule has 1 atom stereocenters. The molecule has 1 aliphatic carbocycles. The Labute approximate surface area is 151 Å². The van der Waals surface area contributed by atoms with E-state index in [2.05, 4.69) is 53.5 Å². The van der Waals surface area contributed by atoms with Gasteiger partial charge in [-0.15, -0.1) is 0 Å². The van der Waals surface area contributed by atoms with E-state index < -0.39 is 0 Å². The topological polar surface area (TPSA) is 35.6 Å². The van der Waals surface area contributed by atoms with Crippen LogP contribution in [0.25, 0.3) is 0 Å². The number of carbonyl (C=O) groups excluding carboxylic acids is 1. The average molecular weight is 341 g/mol. The summed E-state index contributed by atoms with van der Waals surface area (Å²) in [5, 5.41) is 3.03. The van der Waals surface area contributed by atoms with Crippen LogP contribution in [0.1, 0.15) is 32.1 Å². The fraction of sp³-hybridized carbons (Fsp3) is 0.571. The maximum atomic E-state index is 12.1. The minimum atomic E-state index is 0.119. The Morgan fingerprint density at radius 3 is 2.48 bits per heavy atom. The lowest BCUT2D eigenvalue weighted by molar-refractivity contribution is -0.116. The number of rotatable bonds is 6. The molecule has 1 aliphatic heterocycles. The second-order valence-corrected chi connectivity index (χ2v) is 7.76. The third-order valence-electron chi connectivity index (χ3n) is 5.31. The van der Waals surface area contributed by atoms with Crippen LogP contribution in [0.2, 0.25) is 0 Å². The van der Waals surface area contributed by atoms with Crippen molar-refractivity contribution in [1.29, 1.82) is 0 Å². The van der Waals surface area contributed by atoms with Gasteiger partial charge in [0.15, 0.2) is 0 Å². The van der Waals surface area contributed by atoms with Crippen LogP contribution in [0.4, 0.5) is 11.4 Å². The molecule has 1 amide bonds. The number of benzene rings is 1. The first-order valence-electron chi connectivity index (χ1n) is 9.56. The third kappa shape index (κ3) is 5.33. The zero-order valence-electron chi connectivity index (χ0n) is 15.6. The highest BCUT2D eigenvalue weighted by molar-refractivity contribution is 5.91. The fourth-order valence-corrected chi connectivity index (χ4v) is 3.96. The van der Waals surface area contributed by atoms with Gasteiger partial charge < -0.3 is 15.1 Å². The zero-order valence-corrected chi connectivity index (χ0v) is 15.6. The molecule has 1 heterocycles. The van der Waals surface area contributed by atoms with Crippen molar-refractivity contribution >= 4 is 17.3 Å². The molecule has 1 saturated heterocycles. The molecule has 1 aromatic carbocycles. The smallest absolute Gasteiger partial charge is 0.224 e. The molecule has 1 fully saturated rings. The van der Waals surface area contributed by atoms with E-state index in [0.29, 0.717) is 12.3 Å². The average Bonchev–Trinajstić information content (AvgIpc) is 3.08. The molecular formula is C21H31N3O. The van der Waals surface area contributed by atoms with Crippen molar-refractivity contribution in [2.24, 2.45) is 11.8 Å². The second-order valence-electron chi connectivity index (χ2n) is 7.76. The maximum absolute atomic E-state index is 12.1. The van der Waals surface area contributed by atoms with Gasteiger partial charge in [0.1, 0.15) is 0 Å². The van der Waals surface area contributed by atoms with Crippen LogP contribution in [-0.4, -0.2) is 44.5 Å². The van der Waals surface area contributed by atoms with Crippen LogP contribution < -0.4 is 10.2 Å². The number of nitrogens with one attached hydrogen (secondary N) is 1. The summed E-state index contributed by atoms with van der Waals surface area (Å²) in [6.45, 7) is 3.44. The quantitative estimate of drug-likeness (QED) is 0.800. The van der Waals surface area contributed by atoms with Gasteiger partial charge in [0.25, 0.3) is 0 Å². The van der Waals surface area contributed by atoms with Gasteiger partial charge in [-0.05, 0) is 75.9 Å². The Morgan fingerprint density at radius 1 is 1.16 bits per heavy atom. The van der Waals surface area contributed by atoms with Gasteiger partial charge in [0.05, 0.1) is 0 Å². The number of nitrogens with zero attached hydrogens (tertiary/aromatic N) is 2. The van der Waals surface area contributed by atoms with Crippen LogP contribution in [-0.2, 0) is 4.79 Å². The molecule has 1 aromatic rings. The van der Waals surface area contributed by atoms with Crippen LogP contribution >= 0.6 is 0 Å². The van der Waals surface area contributed by atoms with Gasteiger partial charge in [0.2, 0.25) is 5.91 Å². The van der Waals surface area contributed by atoms with Crippen molar-refractivity contribution in [3.8, 4) is 0 Å². The summed E-state index contributed by atoms with van der Waals surface area (Å²) < 4.78 is 0. The number of amides is 1. The maximum Gasteiger partial charge on any atom is 0.224 e. The molecule has 136 valence electrons. The summed E-state index contributed by atoms with van der Waals surface area (Å²) in [5.74, 6) is 1.35. The van der Waals surface area contributed by atoms with E-state index in [1.165, 1.54) is 25.1 Å².